The van der Waals surface area contributed by atoms with E-state index in [2.05, 4.69) is 104 Å². The van der Waals surface area contributed by atoms with Gasteiger partial charge in [-0.3, -0.25) is 9.59 Å². The van der Waals surface area contributed by atoms with E-state index < -0.39 is 0 Å². The van der Waals surface area contributed by atoms with Gasteiger partial charge < -0.3 is 21.3 Å². The summed E-state index contributed by atoms with van der Waals surface area (Å²) in [5.74, 6) is 1.89. The molecule has 2 aromatic heterocycles. The van der Waals surface area contributed by atoms with Gasteiger partial charge in [0.1, 0.15) is 0 Å². The van der Waals surface area contributed by atoms with Gasteiger partial charge in [0.25, 0.3) is 0 Å². The van der Waals surface area contributed by atoms with Gasteiger partial charge in [-0.2, -0.15) is 0 Å². The minimum atomic E-state index is -0.0743. The van der Waals surface area contributed by atoms with Gasteiger partial charge in [-0.15, -0.1) is 10.2 Å². The van der Waals surface area contributed by atoms with E-state index >= 15 is 0 Å². The van der Waals surface area contributed by atoms with E-state index in [0.717, 1.165) is 35.9 Å². The van der Waals surface area contributed by atoms with E-state index in [4.69, 9.17) is 23.2 Å². The number of rotatable bonds is 20. The topological polar surface area (TPSA) is 169 Å². The van der Waals surface area contributed by atoms with Gasteiger partial charge in [-0.25, -0.2) is 9.36 Å². The Bertz CT molecular complexity index is 2040. The van der Waals surface area contributed by atoms with Gasteiger partial charge in [0.15, 0.2) is 11.6 Å². The first-order valence-corrected chi connectivity index (χ1v) is 20.9. The van der Waals surface area contributed by atoms with Crippen molar-refractivity contribution in [2.24, 2.45) is 11.8 Å². The van der Waals surface area contributed by atoms with E-state index in [9.17, 15) is 9.59 Å². The van der Waals surface area contributed by atoms with Crippen molar-refractivity contribution in [2.45, 2.75) is 91.9 Å². The van der Waals surface area contributed by atoms with Crippen LogP contribution in [0.2, 0.25) is 10.0 Å². The molecule has 6 aromatic rings. The molecule has 0 aliphatic rings. The molecule has 60 heavy (non-hydrogen) atoms. The van der Waals surface area contributed by atoms with Crippen LogP contribution in [0.1, 0.15) is 86.5 Å². The number of halogens is 2. The fraction of sp³-hybridized carbons (Fsp3) is 0.364. The number of nitrogens with one attached hydrogen (secondary N) is 4. The fourth-order valence-corrected chi connectivity index (χ4v) is 6.75. The predicted molar refractivity (Wildman–Crippen MR) is 233 cm³/mol. The van der Waals surface area contributed by atoms with Crippen LogP contribution in [0.25, 0.3) is 0 Å². The fourth-order valence-electron chi connectivity index (χ4n) is 6.35. The monoisotopic (exact) mass is 852 g/mol. The van der Waals surface area contributed by atoms with Crippen LogP contribution in [-0.2, 0) is 48.9 Å². The van der Waals surface area contributed by atoms with Crippen LogP contribution in [0.4, 0.5) is 0 Å². The maximum Gasteiger partial charge on any atom is 0.222 e. The lowest BCUT2D eigenvalue weighted by atomic mass is 10.0. The zero-order chi connectivity index (χ0) is 42.7. The highest BCUT2D eigenvalue weighted by atomic mass is 35.5. The summed E-state index contributed by atoms with van der Waals surface area (Å²) in [6, 6.07) is 35.3. The highest BCUT2D eigenvalue weighted by molar-refractivity contribution is 6.31. The molecule has 316 valence electrons. The Hall–Kier alpha value is -5.54. The largest absolute Gasteiger partial charge is 0.352 e. The Morgan fingerprint density at radius 3 is 1.27 bits per heavy atom. The van der Waals surface area contributed by atoms with Crippen LogP contribution in [0.15, 0.2) is 109 Å². The molecule has 0 saturated carbocycles. The van der Waals surface area contributed by atoms with Crippen LogP contribution in [0.3, 0.4) is 0 Å². The molecule has 4 N–H and O–H groups in total. The van der Waals surface area contributed by atoms with Crippen LogP contribution < -0.4 is 21.3 Å². The minimum absolute atomic E-state index is 0.0219. The van der Waals surface area contributed by atoms with Crippen LogP contribution in [0.5, 0.6) is 0 Å². The number of carbonyl (C=O) groups excluding carboxylic acids is 2. The molecule has 0 spiro atoms. The third-order valence-corrected chi connectivity index (χ3v) is 10.5. The van der Waals surface area contributed by atoms with Crippen molar-refractivity contribution in [1.82, 2.24) is 61.7 Å². The summed E-state index contributed by atoms with van der Waals surface area (Å²) < 4.78 is 3.41. The maximum atomic E-state index is 12.3. The van der Waals surface area contributed by atoms with Gasteiger partial charge in [0.05, 0.1) is 25.2 Å². The lowest BCUT2D eigenvalue weighted by Crippen LogP contribution is -2.30. The van der Waals surface area contributed by atoms with Crippen molar-refractivity contribution in [3.63, 3.8) is 0 Å². The molecule has 0 saturated heterocycles. The number of nitrogens with zero attached hydrogens (tertiary/aromatic N) is 8. The molecule has 0 fully saturated rings. The number of aromatic nitrogens is 8. The van der Waals surface area contributed by atoms with Gasteiger partial charge in [-0.05, 0) is 67.1 Å². The van der Waals surface area contributed by atoms with Gasteiger partial charge >= 0.3 is 0 Å². The van der Waals surface area contributed by atoms with E-state index in [0.29, 0.717) is 36.2 Å². The van der Waals surface area contributed by atoms with E-state index in [-0.39, 0.29) is 48.6 Å². The number of benzene rings is 4. The molecule has 0 radical (unpaired) electrons. The Morgan fingerprint density at radius 2 is 0.900 bits per heavy atom. The van der Waals surface area contributed by atoms with Gasteiger partial charge in [0, 0.05) is 49.1 Å². The molecule has 2 heterocycles. The molecule has 6 rings (SSSR count). The van der Waals surface area contributed by atoms with Crippen molar-refractivity contribution in [1.29, 1.82) is 0 Å². The summed E-state index contributed by atoms with van der Waals surface area (Å²) >= 11 is 12.3. The minimum Gasteiger partial charge on any atom is -0.352 e. The van der Waals surface area contributed by atoms with Crippen molar-refractivity contribution in [2.75, 3.05) is 0 Å². The highest BCUT2D eigenvalue weighted by Gasteiger charge is 2.24. The summed E-state index contributed by atoms with van der Waals surface area (Å²) in [4.78, 5) is 24.6. The first-order chi connectivity index (χ1) is 29.1. The summed E-state index contributed by atoms with van der Waals surface area (Å²) in [6.07, 6.45) is 0.567. The first kappa shape index (κ1) is 45.5. The number of hydrogen-bond acceptors (Lipinski definition) is 10. The average molecular weight is 854 g/mol. The lowest BCUT2D eigenvalue weighted by molar-refractivity contribution is -0.122. The molecular formula is C44H54Cl2N12O2. The van der Waals surface area contributed by atoms with Crippen molar-refractivity contribution >= 4 is 35.0 Å². The number of aryl methyl sites for hydroxylation is 2. The van der Waals surface area contributed by atoms with E-state index in [1.165, 1.54) is 11.1 Å². The zero-order valence-electron chi connectivity index (χ0n) is 34.5. The Balaban J connectivity index is 0.000000228. The number of tetrazole rings is 2. The molecule has 0 unspecified atom stereocenters. The molecule has 0 bridgehead atoms. The maximum absolute atomic E-state index is 12.3. The highest BCUT2D eigenvalue weighted by Crippen LogP contribution is 2.22. The summed E-state index contributed by atoms with van der Waals surface area (Å²) in [5, 5.41) is 38.5. The number of carbonyl (C=O) groups is 2. The molecule has 16 heteroatoms. The Morgan fingerprint density at radius 1 is 0.533 bits per heavy atom. The molecule has 2 atom stereocenters. The van der Waals surface area contributed by atoms with Crippen molar-refractivity contribution in [3.8, 4) is 0 Å². The predicted octanol–water partition coefficient (Wildman–Crippen LogP) is 7.04. The molecule has 2 amide bonds. The third kappa shape index (κ3) is 14.3. The summed E-state index contributed by atoms with van der Waals surface area (Å²) in [7, 11) is 0. The average Bonchev–Trinajstić information content (AvgIpc) is 3.92. The van der Waals surface area contributed by atoms with Crippen LogP contribution in [-0.4, -0.2) is 52.2 Å². The second-order valence-corrected chi connectivity index (χ2v) is 15.7. The normalized spacial score (nSPS) is 12.1. The number of amides is 2. The SMILES string of the molecule is CC(C)[C@H](NCc1ccccc1)c1nnnn1CCC(=O)NCc1ccccc1Cl.CC(C)[C@H](NCc1ccccc1)c1nnnn1CCC(=O)NCc1ccccc1Cl. The standard InChI is InChI=1S/2C22H27ClN6O/c2*1-16(2)21(25-14-17-8-4-3-5-9-17)22-26-27-28-29(22)13-12-20(30)24-15-18-10-6-7-11-19(18)23/h2*3-11,16,21,25H,12-15H2,1-2H3,(H,24,30)/t2*21-/m00/s1. The second-order valence-electron chi connectivity index (χ2n) is 14.9. The second kappa shape index (κ2) is 23.9. The van der Waals surface area contributed by atoms with Crippen LogP contribution in [0, 0.1) is 11.8 Å². The van der Waals surface area contributed by atoms with Gasteiger partial charge in [-0.1, -0.05) is 148 Å². The van der Waals surface area contributed by atoms with Gasteiger partial charge in [0.2, 0.25) is 11.8 Å². The third-order valence-electron chi connectivity index (χ3n) is 9.72. The smallest absolute Gasteiger partial charge is 0.222 e. The first-order valence-electron chi connectivity index (χ1n) is 20.2. The summed E-state index contributed by atoms with van der Waals surface area (Å²) in [5.41, 5.74) is 4.17. The van der Waals surface area contributed by atoms with Crippen molar-refractivity contribution in [3.05, 3.63) is 153 Å². The van der Waals surface area contributed by atoms with Crippen molar-refractivity contribution < 1.29 is 9.59 Å². The quantitative estimate of drug-likeness (QED) is 0.0625. The van der Waals surface area contributed by atoms with E-state index in [1.807, 2.05) is 84.9 Å². The molecule has 14 nitrogen and oxygen atoms in total. The Kier molecular flexibility index (Phi) is 18.1. The zero-order valence-corrected chi connectivity index (χ0v) is 36.0. The molecule has 0 aliphatic heterocycles. The van der Waals surface area contributed by atoms with Crippen LogP contribution >= 0.6 is 23.2 Å². The van der Waals surface area contributed by atoms with E-state index in [1.54, 1.807) is 9.36 Å². The molecule has 4 aromatic carbocycles. The Labute approximate surface area is 361 Å². The molecular weight excluding hydrogens is 799 g/mol. The summed E-state index contributed by atoms with van der Waals surface area (Å²) in [6.45, 7) is 11.5. The lowest BCUT2D eigenvalue weighted by Gasteiger charge is -2.21. The number of hydrogen-bond donors (Lipinski definition) is 4. The molecule has 0 aliphatic carbocycles.